The van der Waals surface area contributed by atoms with E-state index in [-0.39, 0.29) is 0 Å². The second-order valence-electron chi connectivity index (χ2n) is 10.2. The lowest BCUT2D eigenvalue weighted by Gasteiger charge is -2.13. The van der Waals surface area contributed by atoms with E-state index in [1.54, 1.807) is 13.3 Å². The van der Waals surface area contributed by atoms with Crippen LogP contribution in [0.15, 0.2) is 58.8 Å². The van der Waals surface area contributed by atoms with Gasteiger partial charge in [0.15, 0.2) is 5.84 Å². The first-order chi connectivity index (χ1) is 20.7. The molecule has 0 saturated carbocycles. The second-order valence-corrected chi connectivity index (χ2v) is 10.2. The summed E-state index contributed by atoms with van der Waals surface area (Å²) in [6.07, 6.45) is 12.5. The maximum atomic E-state index is 11.2. The quantitative estimate of drug-likeness (QED) is 0.105. The van der Waals surface area contributed by atoms with E-state index in [1.165, 1.54) is 31.2 Å². The predicted molar refractivity (Wildman–Crippen MR) is 190 cm³/mol. The molecule has 6 nitrogen and oxygen atoms in total. The lowest BCUT2D eigenvalue weighted by molar-refractivity contribution is 0.112. The molecule has 0 aliphatic rings. The molecule has 0 fully saturated rings. The minimum Gasteiger partial charge on any atom is -0.496 e. The molecule has 0 aromatic heterocycles. The van der Waals surface area contributed by atoms with Crippen LogP contribution in [-0.2, 0) is 6.42 Å². The summed E-state index contributed by atoms with van der Waals surface area (Å²) in [5.41, 5.74) is 7.81. The van der Waals surface area contributed by atoms with Gasteiger partial charge in [-0.3, -0.25) is 9.79 Å². The van der Waals surface area contributed by atoms with Crippen LogP contribution in [0.25, 0.3) is 5.57 Å². The molecule has 2 N–H and O–H groups in total. The van der Waals surface area contributed by atoms with Gasteiger partial charge < -0.3 is 15.4 Å². The Hall–Kier alpha value is -3.51. The molecule has 0 bridgehead atoms. The molecule has 6 heteroatoms. The van der Waals surface area contributed by atoms with Crippen molar-refractivity contribution in [3.05, 3.63) is 76.6 Å². The van der Waals surface area contributed by atoms with Crippen LogP contribution < -0.4 is 15.4 Å². The van der Waals surface area contributed by atoms with Gasteiger partial charge in [-0.1, -0.05) is 59.1 Å². The smallest absolute Gasteiger partial charge is 0.151 e. The van der Waals surface area contributed by atoms with E-state index in [2.05, 4.69) is 54.4 Å². The molecular weight excluding hydrogens is 532 g/mol. The SMILES string of the molecule is C/C=C\N=C(Nc1ccc(C=O)c(CC)c1)C(C)=N/C=C(\C)c1ccc(OC)c(C)c1C.CC.CCCCCC(C)NC. The van der Waals surface area contributed by atoms with Crippen molar-refractivity contribution in [1.29, 1.82) is 0 Å². The molecule has 0 aliphatic heterocycles. The van der Waals surface area contributed by atoms with Crippen molar-refractivity contribution in [2.24, 2.45) is 9.98 Å². The normalized spacial score (nSPS) is 12.6. The fraction of sp³-hybridized carbons (Fsp3) is 0.486. The third kappa shape index (κ3) is 14.0. The fourth-order valence-electron chi connectivity index (χ4n) is 4.22. The average Bonchev–Trinajstić information content (AvgIpc) is 3.04. The van der Waals surface area contributed by atoms with E-state index >= 15 is 0 Å². The Morgan fingerprint density at radius 2 is 1.72 bits per heavy atom. The van der Waals surface area contributed by atoms with Gasteiger partial charge in [-0.2, -0.15) is 0 Å². The van der Waals surface area contributed by atoms with Gasteiger partial charge in [-0.15, -0.1) is 0 Å². The molecule has 1 atom stereocenters. The van der Waals surface area contributed by atoms with Crippen LogP contribution in [0.1, 0.15) is 114 Å². The standard InChI is InChI=1S/C27H33N3O2.C8H19N.C2H6/c1-8-14-28-27(30-24-11-10-23(17-31)22(9-2)15-24)21(6)29-16-18(3)25-12-13-26(32-7)20(5)19(25)4;1-4-5-6-7-8(2)9-3;1-2/h8,10-17H,9H2,1-7H3,(H,28,30);8-9H,4-7H2,1-3H3;1-2H3/b14-8-,18-16+,29-21?;;. The number of nitrogens with one attached hydrogen (secondary N) is 2. The Bertz CT molecular complexity index is 1230. The highest BCUT2D eigenvalue weighted by Gasteiger charge is 2.09. The molecular formula is C37H58N4O2. The summed E-state index contributed by atoms with van der Waals surface area (Å²) in [7, 11) is 3.71. The number of anilines is 1. The number of ether oxygens (including phenoxy) is 1. The first-order valence-corrected chi connectivity index (χ1v) is 15.7. The van der Waals surface area contributed by atoms with E-state index in [0.29, 0.717) is 17.4 Å². The van der Waals surface area contributed by atoms with Gasteiger partial charge in [-0.05, 0) is 114 Å². The van der Waals surface area contributed by atoms with Crippen LogP contribution in [-0.4, -0.2) is 38.0 Å². The summed E-state index contributed by atoms with van der Waals surface area (Å²) in [5, 5.41) is 6.57. The zero-order valence-electron chi connectivity index (χ0n) is 29.0. The van der Waals surface area contributed by atoms with Crippen molar-refractivity contribution in [3.63, 3.8) is 0 Å². The van der Waals surface area contributed by atoms with E-state index in [1.807, 2.05) is 85.1 Å². The number of nitrogens with zero attached hydrogens (tertiary/aromatic N) is 2. The van der Waals surface area contributed by atoms with Gasteiger partial charge >= 0.3 is 0 Å². The van der Waals surface area contributed by atoms with Crippen molar-refractivity contribution >= 4 is 29.1 Å². The molecule has 238 valence electrons. The number of unbranched alkanes of at least 4 members (excludes halogenated alkanes) is 2. The van der Waals surface area contributed by atoms with Crippen LogP contribution in [0.5, 0.6) is 5.75 Å². The molecule has 2 aromatic carbocycles. The molecule has 0 radical (unpaired) electrons. The van der Waals surface area contributed by atoms with Crippen molar-refractivity contribution in [1.82, 2.24) is 5.32 Å². The zero-order chi connectivity index (χ0) is 32.8. The first kappa shape index (κ1) is 39.5. The van der Waals surface area contributed by atoms with Crippen molar-refractivity contribution in [3.8, 4) is 5.75 Å². The molecule has 43 heavy (non-hydrogen) atoms. The van der Waals surface area contributed by atoms with Gasteiger partial charge in [0.05, 0.1) is 12.8 Å². The summed E-state index contributed by atoms with van der Waals surface area (Å²) in [6.45, 7) is 20.5. The Labute approximate surface area is 262 Å². The van der Waals surface area contributed by atoms with E-state index in [0.717, 1.165) is 52.1 Å². The number of aliphatic imine (C=N–C) groups is 2. The third-order valence-corrected chi connectivity index (χ3v) is 7.18. The van der Waals surface area contributed by atoms with Crippen molar-refractivity contribution in [2.45, 2.75) is 107 Å². The molecule has 2 aromatic rings. The maximum Gasteiger partial charge on any atom is 0.151 e. The van der Waals surface area contributed by atoms with Crippen LogP contribution >= 0.6 is 0 Å². The molecule has 0 amide bonds. The summed E-state index contributed by atoms with van der Waals surface area (Å²) in [5.74, 6) is 1.53. The minimum absolute atomic E-state index is 0.649. The number of rotatable bonds is 13. The van der Waals surface area contributed by atoms with Gasteiger partial charge in [0.2, 0.25) is 0 Å². The largest absolute Gasteiger partial charge is 0.496 e. The number of hydrogen-bond acceptors (Lipinski definition) is 5. The Morgan fingerprint density at radius 3 is 2.28 bits per heavy atom. The number of amidine groups is 1. The van der Waals surface area contributed by atoms with Gasteiger partial charge in [0.25, 0.3) is 0 Å². The van der Waals surface area contributed by atoms with Crippen molar-refractivity contribution < 1.29 is 9.53 Å². The number of carbonyl (C=O) groups is 1. The number of allylic oxidation sites excluding steroid dienone is 2. The molecule has 0 saturated heterocycles. The maximum absolute atomic E-state index is 11.2. The Balaban J connectivity index is 0.00000137. The second kappa shape index (κ2) is 23.0. The number of aldehydes is 1. The van der Waals surface area contributed by atoms with Gasteiger partial charge in [0.1, 0.15) is 12.0 Å². The Kier molecular flexibility index (Phi) is 21.1. The molecule has 0 heterocycles. The first-order valence-electron chi connectivity index (χ1n) is 15.7. The van der Waals surface area contributed by atoms with Crippen LogP contribution in [0, 0.1) is 13.8 Å². The number of aryl methyl sites for hydroxylation is 1. The minimum atomic E-state index is 0.649. The molecule has 0 aliphatic carbocycles. The van der Waals surface area contributed by atoms with Crippen molar-refractivity contribution in [2.75, 3.05) is 19.5 Å². The molecule has 1 unspecified atom stereocenters. The fourth-order valence-corrected chi connectivity index (χ4v) is 4.22. The highest BCUT2D eigenvalue weighted by Crippen LogP contribution is 2.28. The predicted octanol–water partition coefficient (Wildman–Crippen LogP) is 9.75. The van der Waals surface area contributed by atoms with E-state index in [9.17, 15) is 4.79 Å². The highest BCUT2D eigenvalue weighted by atomic mass is 16.5. The summed E-state index contributed by atoms with van der Waals surface area (Å²) < 4.78 is 5.42. The Morgan fingerprint density at radius 1 is 1.02 bits per heavy atom. The molecule has 0 spiro atoms. The zero-order valence-corrected chi connectivity index (χ0v) is 29.0. The average molecular weight is 591 g/mol. The summed E-state index contributed by atoms with van der Waals surface area (Å²) >= 11 is 0. The monoisotopic (exact) mass is 590 g/mol. The topological polar surface area (TPSA) is 75.1 Å². The van der Waals surface area contributed by atoms with E-state index in [4.69, 9.17) is 4.74 Å². The highest BCUT2D eigenvalue weighted by molar-refractivity contribution is 6.45. The van der Waals surface area contributed by atoms with Crippen LogP contribution in [0.3, 0.4) is 0 Å². The number of carbonyl (C=O) groups excluding carboxylic acids is 1. The van der Waals surface area contributed by atoms with Gasteiger partial charge in [0, 0.05) is 29.7 Å². The van der Waals surface area contributed by atoms with Crippen LogP contribution in [0.2, 0.25) is 0 Å². The summed E-state index contributed by atoms with van der Waals surface area (Å²) in [6, 6.07) is 10.4. The number of hydrogen-bond donors (Lipinski definition) is 2. The number of benzene rings is 2. The van der Waals surface area contributed by atoms with Gasteiger partial charge in [-0.25, -0.2) is 4.99 Å². The van der Waals surface area contributed by atoms with E-state index < -0.39 is 0 Å². The lowest BCUT2D eigenvalue weighted by atomic mass is 9.98. The summed E-state index contributed by atoms with van der Waals surface area (Å²) in [4.78, 5) is 20.4. The lowest BCUT2D eigenvalue weighted by Crippen LogP contribution is -2.20. The molecule has 2 rings (SSSR count). The van der Waals surface area contributed by atoms with Crippen LogP contribution in [0.4, 0.5) is 5.69 Å². The number of methoxy groups -OCH3 is 1. The third-order valence-electron chi connectivity index (χ3n) is 7.18.